The van der Waals surface area contributed by atoms with Gasteiger partial charge in [-0.15, -0.1) is 0 Å². The second-order valence-corrected chi connectivity index (χ2v) is 15.5. The zero-order chi connectivity index (χ0) is 37.2. The molecular weight excluding hydrogens is 724 g/mol. The molecule has 0 atom stereocenters. The number of anilines is 3. The van der Waals surface area contributed by atoms with Gasteiger partial charge in [-0.05, 0) is 71.1 Å². The Morgan fingerprint density at radius 1 is 0.429 bits per heavy atom. The molecule has 0 saturated heterocycles. The number of fused-ring (bicyclic) bond motifs is 6. The molecule has 8 aromatic carbocycles. The van der Waals surface area contributed by atoms with Crippen molar-refractivity contribution in [2.24, 2.45) is 0 Å². The smallest absolute Gasteiger partial charge is 0.235 e. The van der Waals surface area contributed by atoms with E-state index in [1.807, 2.05) is 24.3 Å². The van der Waals surface area contributed by atoms with Crippen molar-refractivity contribution in [2.75, 3.05) is 4.90 Å². The van der Waals surface area contributed by atoms with Crippen molar-refractivity contribution < 1.29 is 0 Å². The van der Waals surface area contributed by atoms with Crippen LogP contribution in [-0.4, -0.2) is 14.5 Å². The Hall–Kier alpha value is -6.66. The largest absolute Gasteiger partial charge is 0.306 e. The maximum absolute atomic E-state index is 6.99. The van der Waals surface area contributed by atoms with Gasteiger partial charge in [0, 0.05) is 37.1 Å². The highest BCUT2D eigenvalue weighted by Crippen LogP contribution is 2.55. The summed E-state index contributed by atoms with van der Waals surface area (Å²) >= 11 is 8.76. The molecule has 0 radical (unpaired) electrons. The van der Waals surface area contributed by atoms with E-state index < -0.39 is 0 Å². The molecule has 0 bridgehead atoms. The van der Waals surface area contributed by atoms with Crippen molar-refractivity contribution in [3.63, 3.8) is 0 Å². The first-order valence-electron chi connectivity index (χ1n) is 18.6. The molecule has 0 aliphatic carbocycles. The maximum Gasteiger partial charge on any atom is 0.235 e. The van der Waals surface area contributed by atoms with Gasteiger partial charge in [-0.25, -0.2) is 9.97 Å². The molecular formula is C50H31ClN4S. The highest BCUT2D eigenvalue weighted by Gasteiger charge is 2.28. The molecule has 3 heterocycles. The van der Waals surface area contributed by atoms with Crippen molar-refractivity contribution in [1.82, 2.24) is 14.5 Å². The van der Waals surface area contributed by atoms with Gasteiger partial charge in [0.15, 0.2) is 0 Å². The Labute approximate surface area is 333 Å². The fourth-order valence-corrected chi connectivity index (χ4v) is 9.51. The number of halogens is 1. The summed E-state index contributed by atoms with van der Waals surface area (Å²) in [6, 6.07) is 66.1. The molecule has 6 heteroatoms. The summed E-state index contributed by atoms with van der Waals surface area (Å²) in [6.45, 7) is 0. The Morgan fingerprint density at radius 3 is 1.84 bits per heavy atom. The van der Waals surface area contributed by atoms with Crippen molar-refractivity contribution in [3.8, 4) is 39.6 Å². The van der Waals surface area contributed by atoms with E-state index in [0.29, 0.717) is 5.95 Å². The third-order valence-electron chi connectivity index (χ3n) is 10.7. The van der Waals surface area contributed by atoms with Crippen LogP contribution >= 0.6 is 23.4 Å². The highest BCUT2D eigenvalue weighted by molar-refractivity contribution is 7.99. The highest BCUT2D eigenvalue weighted by atomic mass is 35.5. The summed E-state index contributed by atoms with van der Waals surface area (Å²) in [5, 5.41) is 5.40. The predicted molar refractivity (Wildman–Crippen MR) is 234 cm³/mol. The molecule has 1 aliphatic heterocycles. The normalized spacial score (nSPS) is 12.3. The second-order valence-electron chi connectivity index (χ2n) is 14.0. The lowest BCUT2D eigenvalue weighted by atomic mass is 10.0. The zero-order valence-electron chi connectivity index (χ0n) is 30.0. The van der Waals surface area contributed by atoms with Crippen LogP contribution in [0.2, 0.25) is 5.02 Å². The number of benzene rings is 8. The Balaban J connectivity index is 1.07. The lowest BCUT2D eigenvalue weighted by molar-refractivity contribution is 0.995. The van der Waals surface area contributed by atoms with Gasteiger partial charge in [-0.1, -0.05) is 157 Å². The number of hydrogen-bond donors (Lipinski definition) is 0. The van der Waals surface area contributed by atoms with E-state index in [9.17, 15) is 0 Å². The lowest BCUT2D eigenvalue weighted by Crippen LogP contribution is -2.15. The fraction of sp³-hybridized carbons (Fsp3) is 0. The van der Waals surface area contributed by atoms with Crippen LogP contribution in [0.5, 0.6) is 0 Å². The number of nitrogens with zero attached hydrogens (tertiary/aromatic N) is 4. The summed E-state index contributed by atoms with van der Waals surface area (Å²) in [5.74, 6) is 0.639. The van der Waals surface area contributed by atoms with Crippen molar-refractivity contribution in [2.45, 2.75) is 9.79 Å². The van der Waals surface area contributed by atoms with Gasteiger partial charge in [0.05, 0.1) is 44.5 Å². The number of hydrogen-bond acceptors (Lipinski definition) is 4. The molecule has 2 aromatic heterocycles. The summed E-state index contributed by atoms with van der Waals surface area (Å²) < 4.78 is 2.21. The summed E-state index contributed by atoms with van der Waals surface area (Å²) in [7, 11) is 0. The Kier molecular flexibility index (Phi) is 7.76. The van der Waals surface area contributed by atoms with Crippen molar-refractivity contribution in [1.29, 1.82) is 0 Å². The van der Waals surface area contributed by atoms with Gasteiger partial charge in [-0.2, -0.15) is 0 Å². The minimum Gasteiger partial charge on any atom is -0.306 e. The number of para-hydroxylation sites is 2. The molecule has 4 nitrogen and oxygen atoms in total. The molecule has 0 spiro atoms. The summed E-state index contributed by atoms with van der Waals surface area (Å²) in [4.78, 5) is 15.1. The molecule has 0 fully saturated rings. The third-order valence-corrected chi connectivity index (χ3v) is 12.1. The van der Waals surface area contributed by atoms with E-state index in [0.717, 1.165) is 82.4 Å². The van der Waals surface area contributed by atoms with Crippen LogP contribution in [0.25, 0.3) is 72.2 Å². The van der Waals surface area contributed by atoms with E-state index in [1.165, 1.54) is 15.7 Å². The first-order valence-corrected chi connectivity index (χ1v) is 19.8. The summed E-state index contributed by atoms with van der Waals surface area (Å²) in [6.07, 6.45) is 0. The standard InChI is InChI=1S/C50H31ClN4S/c51-40-21-12-24-47-49(40)54(43-23-11-18-32-13-7-8-19-37(32)43)46-28-26-36(30-48(46)56-47)35-25-27-45-39(29-35)38-20-9-10-22-44(38)55(45)50-52-41(33-14-3-1-4-15-33)31-42(53-50)34-16-5-2-6-17-34/h1-31H. The molecule has 10 aromatic rings. The Bertz CT molecular complexity index is 3080. The molecule has 0 N–H and O–H groups in total. The van der Waals surface area contributed by atoms with Gasteiger partial charge in [0.1, 0.15) is 0 Å². The lowest BCUT2D eigenvalue weighted by Gasteiger charge is -2.34. The van der Waals surface area contributed by atoms with Crippen LogP contribution in [-0.2, 0) is 0 Å². The molecule has 0 amide bonds. The average molecular weight is 755 g/mol. The van der Waals surface area contributed by atoms with E-state index in [1.54, 1.807) is 11.8 Å². The fourth-order valence-electron chi connectivity index (χ4n) is 8.06. The van der Waals surface area contributed by atoms with Crippen LogP contribution in [0.3, 0.4) is 0 Å². The molecule has 0 unspecified atom stereocenters. The van der Waals surface area contributed by atoms with Crippen LogP contribution in [0.4, 0.5) is 17.1 Å². The maximum atomic E-state index is 6.99. The molecule has 1 aliphatic rings. The molecule has 0 saturated carbocycles. The molecule has 264 valence electrons. The van der Waals surface area contributed by atoms with Gasteiger partial charge in [0.25, 0.3) is 0 Å². The zero-order valence-corrected chi connectivity index (χ0v) is 31.5. The number of rotatable bonds is 5. The summed E-state index contributed by atoms with van der Waals surface area (Å²) in [5.41, 5.74) is 11.5. The SMILES string of the molecule is Clc1cccc2c1N(c1cccc3ccccc13)c1ccc(-c3ccc4c(c3)c3ccccc3n4-c3nc(-c4ccccc4)cc(-c4ccccc4)n3)cc1S2. The van der Waals surface area contributed by atoms with Gasteiger partial charge in [-0.3, -0.25) is 4.57 Å². The van der Waals surface area contributed by atoms with Crippen LogP contribution in [0.15, 0.2) is 198 Å². The number of aromatic nitrogens is 3. The van der Waals surface area contributed by atoms with Crippen molar-refractivity contribution >= 4 is 73.0 Å². The van der Waals surface area contributed by atoms with E-state index in [-0.39, 0.29) is 0 Å². The second kappa shape index (κ2) is 13.3. The third kappa shape index (κ3) is 5.39. The van der Waals surface area contributed by atoms with Gasteiger partial charge >= 0.3 is 0 Å². The van der Waals surface area contributed by atoms with Crippen LogP contribution in [0, 0.1) is 0 Å². The molecule has 11 rings (SSSR count). The van der Waals surface area contributed by atoms with E-state index in [2.05, 4.69) is 173 Å². The van der Waals surface area contributed by atoms with Crippen LogP contribution in [0.1, 0.15) is 0 Å². The minimum absolute atomic E-state index is 0.639. The average Bonchev–Trinajstić information content (AvgIpc) is 3.59. The van der Waals surface area contributed by atoms with Gasteiger partial charge in [0.2, 0.25) is 5.95 Å². The predicted octanol–water partition coefficient (Wildman–Crippen LogP) is 14.3. The van der Waals surface area contributed by atoms with Crippen LogP contribution < -0.4 is 4.90 Å². The Morgan fingerprint density at radius 2 is 1.05 bits per heavy atom. The first kappa shape index (κ1) is 32.7. The quantitative estimate of drug-likeness (QED) is 0.175. The first-order chi connectivity index (χ1) is 27.7. The van der Waals surface area contributed by atoms with E-state index in [4.69, 9.17) is 21.6 Å². The van der Waals surface area contributed by atoms with Crippen molar-refractivity contribution in [3.05, 3.63) is 193 Å². The van der Waals surface area contributed by atoms with Gasteiger partial charge < -0.3 is 4.90 Å². The van der Waals surface area contributed by atoms with E-state index >= 15 is 0 Å². The topological polar surface area (TPSA) is 34.0 Å². The minimum atomic E-state index is 0.639. The monoisotopic (exact) mass is 754 g/mol. The molecule has 56 heavy (non-hydrogen) atoms.